The first-order chi connectivity index (χ1) is 16.4. The maximum Gasteiger partial charge on any atom is 0.333 e. The first-order valence-corrected chi connectivity index (χ1v) is 12.2. The highest BCUT2D eigenvalue weighted by molar-refractivity contribution is 6.01. The van der Waals surface area contributed by atoms with Crippen molar-refractivity contribution < 1.29 is 23.8 Å². The Labute approximate surface area is 201 Å². The standard InChI is InChI=1S/C28H33N2O4/c1-4-24-28(19-20(2)29(24)3,22-10-6-5-7-11-22)23-15-13-21(14-16-23)9-8-12-27(33)34-30-25(31)17-18-26(30)32/h5-7,10-11,13-16,20H,4,8-9,12,17-19H2,1-3H3/q+1. The van der Waals surface area contributed by atoms with Crippen LogP contribution in [0.1, 0.15) is 69.1 Å². The van der Waals surface area contributed by atoms with E-state index < -0.39 is 17.8 Å². The molecule has 6 heteroatoms. The maximum absolute atomic E-state index is 12.1. The van der Waals surface area contributed by atoms with Gasteiger partial charge in [-0.05, 0) is 36.5 Å². The molecule has 0 radical (unpaired) electrons. The van der Waals surface area contributed by atoms with Crippen molar-refractivity contribution in [3.63, 3.8) is 0 Å². The summed E-state index contributed by atoms with van der Waals surface area (Å²) in [6.45, 7) is 4.52. The predicted octanol–water partition coefficient (Wildman–Crippen LogP) is 4.19. The Kier molecular flexibility index (Phi) is 6.96. The zero-order valence-corrected chi connectivity index (χ0v) is 20.3. The van der Waals surface area contributed by atoms with Gasteiger partial charge in [-0.25, -0.2) is 9.37 Å². The molecule has 0 aromatic heterocycles. The van der Waals surface area contributed by atoms with Crippen LogP contribution in [0.3, 0.4) is 0 Å². The topological polar surface area (TPSA) is 66.7 Å². The van der Waals surface area contributed by atoms with Crippen LogP contribution in [0.4, 0.5) is 0 Å². The van der Waals surface area contributed by atoms with E-state index in [1.807, 2.05) is 0 Å². The third-order valence-corrected chi connectivity index (χ3v) is 7.27. The molecule has 0 aliphatic carbocycles. The van der Waals surface area contributed by atoms with Gasteiger partial charge >= 0.3 is 5.97 Å². The third-order valence-electron chi connectivity index (χ3n) is 7.27. The van der Waals surface area contributed by atoms with Gasteiger partial charge in [0.15, 0.2) is 11.8 Å². The van der Waals surface area contributed by atoms with Crippen LogP contribution in [0, 0.1) is 0 Å². The van der Waals surface area contributed by atoms with Crippen LogP contribution >= 0.6 is 0 Å². The minimum Gasteiger partial charge on any atom is -0.330 e. The Hall–Kier alpha value is -3.28. The average Bonchev–Trinajstić information content (AvgIpc) is 3.30. The monoisotopic (exact) mass is 461 g/mol. The molecule has 34 heavy (non-hydrogen) atoms. The van der Waals surface area contributed by atoms with Crippen LogP contribution in [0.15, 0.2) is 54.6 Å². The van der Waals surface area contributed by atoms with E-state index in [0.717, 1.165) is 24.8 Å². The molecule has 2 heterocycles. The van der Waals surface area contributed by atoms with Gasteiger partial charge in [0.2, 0.25) is 0 Å². The second-order valence-electron chi connectivity index (χ2n) is 9.33. The minimum atomic E-state index is -0.548. The lowest BCUT2D eigenvalue weighted by molar-refractivity contribution is -0.526. The van der Waals surface area contributed by atoms with Gasteiger partial charge in [-0.1, -0.05) is 61.5 Å². The molecular weight excluding hydrogens is 428 g/mol. The number of hydroxylamine groups is 2. The molecule has 0 spiro atoms. The number of amides is 2. The molecule has 2 aliphatic rings. The zero-order valence-electron chi connectivity index (χ0n) is 20.3. The summed E-state index contributed by atoms with van der Waals surface area (Å²) in [5, 5.41) is 0.613. The summed E-state index contributed by atoms with van der Waals surface area (Å²) >= 11 is 0. The fourth-order valence-corrected chi connectivity index (χ4v) is 5.47. The highest BCUT2D eigenvalue weighted by Crippen LogP contribution is 2.43. The van der Waals surface area contributed by atoms with E-state index in [9.17, 15) is 14.4 Å². The van der Waals surface area contributed by atoms with Gasteiger partial charge in [-0.3, -0.25) is 9.59 Å². The Bertz CT molecular complexity index is 1090. The van der Waals surface area contributed by atoms with E-state index in [2.05, 4.69) is 80.1 Å². The number of benzene rings is 2. The van der Waals surface area contributed by atoms with Crippen molar-refractivity contribution >= 4 is 23.5 Å². The first kappa shape index (κ1) is 23.9. The van der Waals surface area contributed by atoms with Gasteiger partial charge in [0.05, 0.1) is 0 Å². The number of nitrogens with zero attached hydrogens (tertiary/aromatic N) is 2. The lowest BCUT2D eigenvalue weighted by atomic mass is 9.68. The molecule has 4 rings (SSSR count). The smallest absolute Gasteiger partial charge is 0.330 e. The molecule has 0 bridgehead atoms. The van der Waals surface area contributed by atoms with Crippen molar-refractivity contribution in [2.24, 2.45) is 0 Å². The van der Waals surface area contributed by atoms with Gasteiger partial charge in [-0.2, -0.15) is 0 Å². The summed E-state index contributed by atoms with van der Waals surface area (Å²) in [6, 6.07) is 20.0. The van der Waals surface area contributed by atoms with E-state index in [4.69, 9.17) is 4.84 Å². The summed E-state index contributed by atoms with van der Waals surface area (Å²) < 4.78 is 2.43. The van der Waals surface area contributed by atoms with Crippen LogP contribution in [0.5, 0.6) is 0 Å². The van der Waals surface area contributed by atoms with E-state index in [0.29, 0.717) is 17.5 Å². The molecule has 2 aliphatic heterocycles. The van der Waals surface area contributed by atoms with Gasteiger partial charge in [0, 0.05) is 32.1 Å². The highest BCUT2D eigenvalue weighted by atomic mass is 16.7. The molecule has 178 valence electrons. The number of hydrogen-bond acceptors (Lipinski definition) is 4. The van der Waals surface area contributed by atoms with Gasteiger partial charge < -0.3 is 4.84 Å². The lowest BCUT2D eigenvalue weighted by Gasteiger charge is -2.29. The molecule has 0 N–H and O–H groups in total. The van der Waals surface area contributed by atoms with Crippen molar-refractivity contribution in [3.8, 4) is 0 Å². The maximum atomic E-state index is 12.1. The Morgan fingerprint density at radius 1 is 1.03 bits per heavy atom. The van der Waals surface area contributed by atoms with Gasteiger partial charge in [-0.15, -0.1) is 5.06 Å². The molecule has 2 aromatic carbocycles. The Morgan fingerprint density at radius 2 is 1.65 bits per heavy atom. The number of carbonyl (C=O) groups is 3. The number of imide groups is 1. The van der Waals surface area contributed by atoms with Gasteiger partial charge in [0.25, 0.3) is 11.8 Å². The zero-order chi connectivity index (χ0) is 24.3. The van der Waals surface area contributed by atoms with Crippen molar-refractivity contribution in [2.45, 2.75) is 70.3 Å². The van der Waals surface area contributed by atoms with Crippen molar-refractivity contribution in [2.75, 3.05) is 7.05 Å². The fourth-order valence-electron chi connectivity index (χ4n) is 5.47. The molecule has 1 fully saturated rings. The van der Waals surface area contributed by atoms with Crippen LogP contribution in [0.2, 0.25) is 0 Å². The number of hydrogen-bond donors (Lipinski definition) is 0. The van der Waals surface area contributed by atoms with Crippen molar-refractivity contribution in [1.29, 1.82) is 0 Å². The molecule has 2 unspecified atom stereocenters. The predicted molar refractivity (Wildman–Crippen MR) is 129 cm³/mol. The molecule has 2 amide bonds. The molecular formula is C28H33N2O4+. The molecule has 2 atom stereocenters. The quantitative estimate of drug-likeness (QED) is 0.437. The summed E-state index contributed by atoms with van der Waals surface area (Å²) in [6.07, 6.45) is 3.70. The SMILES string of the molecule is CCC1=[N+](C)C(C)CC1(c1ccccc1)c1ccc(CCCC(=O)ON2C(=O)CCC2=O)cc1. The van der Waals surface area contributed by atoms with Crippen LogP contribution < -0.4 is 0 Å². The highest BCUT2D eigenvalue weighted by Gasteiger charge is 2.51. The molecule has 2 aromatic rings. The second-order valence-corrected chi connectivity index (χ2v) is 9.33. The largest absolute Gasteiger partial charge is 0.333 e. The van der Waals surface area contributed by atoms with Crippen LogP contribution in [-0.2, 0) is 31.1 Å². The van der Waals surface area contributed by atoms with Gasteiger partial charge in [0.1, 0.15) is 12.5 Å². The number of rotatable bonds is 8. The average molecular weight is 462 g/mol. The summed E-state index contributed by atoms with van der Waals surface area (Å²) in [5.41, 5.74) is 5.06. The van der Waals surface area contributed by atoms with E-state index in [-0.39, 0.29) is 24.7 Å². The molecule has 0 saturated carbocycles. The Morgan fingerprint density at radius 3 is 2.26 bits per heavy atom. The van der Waals surface area contributed by atoms with E-state index >= 15 is 0 Å². The van der Waals surface area contributed by atoms with Crippen molar-refractivity contribution in [1.82, 2.24) is 5.06 Å². The molecule has 1 saturated heterocycles. The first-order valence-electron chi connectivity index (χ1n) is 12.2. The fraction of sp³-hybridized carbons (Fsp3) is 0.429. The number of carbonyl (C=O) groups excluding carboxylic acids is 3. The van der Waals surface area contributed by atoms with Crippen molar-refractivity contribution in [3.05, 3.63) is 71.3 Å². The lowest BCUT2D eigenvalue weighted by Crippen LogP contribution is -2.35. The van der Waals surface area contributed by atoms with Crippen LogP contribution in [0.25, 0.3) is 0 Å². The summed E-state index contributed by atoms with van der Waals surface area (Å²) in [7, 11) is 2.20. The summed E-state index contributed by atoms with van der Waals surface area (Å²) in [5.74, 6) is -1.44. The normalized spacial score (nSPS) is 22.6. The Balaban J connectivity index is 1.46. The van der Waals surface area contributed by atoms with E-state index in [1.165, 1.54) is 16.8 Å². The minimum absolute atomic E-state index is 0.106. The summed E-state index contributed by atoms with van der Waals surface area (Å²) in [4.78, 5) is 40.2. The number of aryl methyl sites for hydroxylation is 1. The second kappa shape index (κ2) is 9.92. The third kappa shape index (κ3) is 4.41. The van der Waals surface area contributed by atoms with Crippen LogP contribution in [-0.4, -0.2) is 46.2 Å². The van der Waals surface area contributed by atoms with E-state index in [1.54, 1.807) is 0 Å². The molecule has 6 nitrogen and oxygen atoms in total.